The monoisotopic (exact) mass is 308 g/mol. The fraction of sp³-hybridized carbons (Fsp3) is 0.588. The molecule has 0 saturated heterocycles. The second-order valence-electron chi connectivity index (χ2n) is 6.25. The summed E-state index contributed by atoms with van der Waals surface area (Å²) in [5.74, 6) is 0.502. The van der Waals surface area contributed by atoms with Gasteiger partial charge in [0.2, 0.25) is 5.91 Å². The van der Waals surface area contributed by atoms with Gasteiger partial charge >= 0.3 is 0 Å². The molecule has 2 aliphatic rings. The van der Waals surface area contributed by atoms with Crippen LogP contribution in [-0.4, -0.2) is 5.91 Å². The Morgan fingerprint density at radius 3 is 2.62 bits per heavy atom. The Balaban J connectivity index is 0.00000161. The maximum atomic E-state index is 12.4. The summed E-state index contributed by atoms with van der Waals surface area (Å²) in [6.07, 6.45) is 9.08. The van der Waals surface area contributed by atoms with Crippen LogP contribution < -0.4 is 11.1 Å². The van der Waals surface area contributed by atoms with E-state index in [0.29, 0.717) is 0 Å². The molecule has 3 nitrogen and oxygen atoms in total. The van der Waals surface area contributed by atoms with Crippen molar-refractivity contribution in [2.24, 2.45) is 5.92 Å². The van der Waals surface area contributed by atoms with Crippen LogP contribution >= 0.6 is 12.4 Å². The quantitative estimate of drug-likeness (QED) is 0.817. The van der Waals surface area contributed by atoms with Crippen molar-refractivity contribution in [3.05, 3.63) is 29.3 Å². The lowest BCUT2D eigenvalue weighted by Gasteiger charge is -2.29. The highest BCUT2D eigenvalue weighted by Crippen LogP contribution is 2.32. The summed E-state index contributed by atoms with van der Waals surface area (Å²) >= 11 is 0. The van der Waals surface area contributed by atoms with Gasteiger partial charge in [-0.05, 0) is 55.4 Å². The van der Waals surface area contributed by atoms with E-state index in [1.807, 2.05) is 6.07 Å². The Bertz CT molecular complexity index is 498. The van der Waals surface area contributed by atoms with Gasteiger partial charge in [-0.25, -0.2) is 0 Å². The van der Waals surface area contributed by atoms with Crippen LogP contribution in [0.5, 0.6) is 0 Å². The zero-order valence-electron chi connectivity index (χ0n) is 12.4. The molecule has 1 aromatic rings. The third-order valence-electron chi connectivity index (χ3n) is 4.77. The second kappa shape index (κ2) is 7.17. The van der Waals surface area contributed by atoms with E-state index in [-0.39, 0.29) is 30.3 Å². The minimum atomic E-state index is 0. The molecule has 1 aromatic carbocycles. The van der Waals surface area contributed by atoms with Crippen LogP contribution in [0.25, 0.3) is 0 Å². The number of carbonyl (C=O) groups is 1. The molecule has 0 spiro atoms. The number of hydrogen-bond donors (Lipinski definition) is 2. The SMILES string of the molecule is Cl.Nc1ccc2c(c1)CCCC2NC(=O)C1CCCCC1. The number of anilines is 1. The Morgan fingerprint density at radius 1 is 1.10 bits per heavy atom. The van der Waals surface area contributed by atoms with E-state index in [0.717, 1.165) is 37.8 Å². The van der Waals surface area contributed by atoms with E-state index in [4.69, 9.17) is 5.73 Å². The maximum absolute atomic E-state index is 12.4. The molecule has 0 bridgehead atoms. The van der Waals surface area contributed by atoms with Crippen molar-refractivity contribution in [1.29, 1.82) is 0 Å². The number of nitrogen functional groups attached to an aromatic ring is 1. The molecule has 0 aliphatic heterocycles. The van der Waals surface area contributed by atoms with Crippen LogP contribution in [-0.2, 0) is 11.2 Å². The molecule has 1 unspecified atom stereocenters. The lowest BCUT2D eigenvalue weighted by atomic mass is 9.85. The Kier molecular flexibility index (Phi) is 5.51. The summed E-state index contributed by atoms with van der Waals surface area (Å²) in [7, 11) is 0. The molecule has 3 N–H and O–H groups in total. The molecular weight excluding hydrogens is 284 g/mol. The number of fused-ring (bicyclic) bond motifs is 1. The molecule has 116 valence electrons. The van der Waals surface area contributed by atoms with Crippen LogP contribution in [0.1, 0.15) is 62.1 Å². The predicted molar refractivity (Wildman–Crippen MR) is 88.5 cm³/mol. The number of hydrogen-bond acceptors (Lipinski definition) is 2. The van der Waals surface area contributed by atoms with Gasteiger partial charge in [0.05, 0.1) is 6.04 Å². The van der Waals surface area contributed by atoms with Gasteiger partial charge in [0, 0.05) is 11.6 Å². The summed E-state index contributed by atoms with van der Waals surface area (Å²) in [6, 6.07) is 6.29. The van der Waals surface area contributed by atoms with Crippen molar-refractivity contribution in [2.75, 3.05) is 5.73 Å². The molecule has 0 aromatic heterocycles. The molecule has 2 aliphatic carbocycles. The number of carbonyl (C=O) groups excluding carboxylic acids is 1. The summed E-state index contributed by atoms with van der Waals surface area (Å²) in [5.41, 5.74) is 9.26. The first kappa shape index (κ1) is 16.2. The smallest absolute Gasteiger partial charge is 0.223 e. The molecule has 4 heteroatoms. The minimum absolute atomic E-state index is 0. The van der Waals surface area contributed by atoms with Crippen LogP contribution in [0.4, 0.5) is 5.69 Å². The van der Waals surface area contributed by atoms with Gasteiger partial charge in [-0.2, -0.15) is 0 Å². The average molecular weight is 309 g/mol. The van der Waals surface area contributed by atoms with Gasteiger partial charge in [0.15, 0.2) is 0 Å². The van der Waals surface area contributed by atoms with Crippen molar-refractivity contribution < 1.29 is 4.79 Å². The van der Waals surface area contributed by atoms with Gasteiger partial charge in [-0.3, -0.25) is 4.79 Å². The lowest BCUT2D eigenvalue weighted by Crippen LogP contribution is -2.36. The van der Waals surface area contributed by atoms with Gasteiger partial charge in [-0.1, -0.05) is 25.3 Å². The fourth-order valence-electron chi connectivity index (χ4n) is 3.64. The first-order chi connectivity index (χ1) is 9.74. The van der Waals surface area contributed by atoms with Gasteiger partial charge in [0.25, 0.3) is 0 Å². The molecule has 3 rings (SSSR count). The summed E-state index contributed by atoms with van der Waals surface area (Å²) in [5, 5.41) is 3.28. The van der Waals surface area contributed by atoms with E-state index in [1.165, 1.54) is 30.4 Å². The van der Waals surface area contributed by atoms with Crippen LogP contribution in [0.3, 0.4) is 0 Å². The van der Waals surface area contributed by atoms with E-state index < -0.39 is 0 Å². The molecule has 0 heterocycles. The van der Waals surface area contributed by atoms with Gasteiger partial charge in [-0.15, -0.1) is 12.4 Å². The first-order valence-corrected chi connectivity index (χ1v) is 7.93. The van der Waals surface area contributed by atoms with Crippen molar-refractivity contribution >= 4 is 24.0 Å². The van der Waals surface area contributed by atoms with Crippen molar-refractivity contribution in [2.45, 2.75) is 57.4 Å². The Hall–Kier alpha value is -1.22. The fourth-order valence-corrected chi connectivity index (χ4v) is 3.64. The van der Waals surface area contributed by atoms with E-state index in [2.05, 4.69) is 17.4 Å². The van der Waals surface area contributed by atoms with E-state index in [1.54, 1.807) is 0 Å². The van der Waals surface area contributed by atoms with E-state index >= 15 is 0 Å². The molecular formula is C17H25ClN2O. The highest BCUT2D eigenvalue weighted by Gasteiger charge is 2.26. The summed E-state index contributed by atoms with van der Waals surface area (Å²) in [6.45, 7) is 0. The summed E-state index contributed by atoms with van der Waals surface area (Å²) in [4.78, 5) is 12.4. The minimum Gasteiger partial charge on any atom is -0.399 e. The predicted octanol–water partition coefficient (Wildman–Crippen LogP) is 3.76. The molecule has 1 amide bonds. The second-order valence-corrected chi connectivity index (χ2v) is 6.25. The zero-order chi connectivity index (χ0) is 13.9. The summed E-state index contributed by atoms with van der Waals surface area (Å²) < 4.78 is 0. The van der Waals surface area contributed by atoms with E-state index in [9.17, 15) is 4.79 Å². The molecule has 1 atom stereocenters. The van der Waals surface area contributed by atoms with Crippen molar-refractivity contribution in [1.82, 2.24) is 5.32 Å². The number of benzene rings is 1. The molecule has 1 fully saturated rings. The first-order valence-electron chi connectivity index (χ1n) is 7.93. The van der Waals surface area contributed by atoms with Gasteiger partial charge in [0.1, 0.15) is 0 Å². The molecule has 21 heavy (non-hydrogen) atoms. The molecule has 1 saturated carbocycles. The highest BCUT2D eigenvalue weighted by molar-refractivity contribution is 5.85. The zero-order valence-corrected chi connectivity index (χ0v) is 13.3. The maximum Gasteiger partial charge on any atom is 0.223 e. The average Bonchev–Trinajstić information content (AvgIpc) is 2.48. The third-order valence-corrected chi connectivity index (χ3v) is 4.77. The van der Waals surface area contributed by atoms with Crippen LogP contribution in [0.2, 0.25) is 0 Å². The largest absolute Gasteiger partial charge is 0.399 e. The molecule has 0 radical (unpaired) electrons. The number of nitrogens with one attached hydrogen (secondary N) is 1. The highest BCUT2D eigenvalue weighted by atomic mass is 35.5. The third kappa shape index (κ3) is 3.70. The number of nitrogens with two attached hydrogens (primary N) is 1. The number of rotatable bonds is 2. The van der Waals surface area contributed by atoms with Crippen LogP contribution in [0, 0.1) is 5.92 Å². The topological polar surface area (TPSA) is 55.1 Å². The van der Waals surface area contributed by atoms with Crippen molar-refractivity contribution in [3.63, 3.8) is 0 Å². The van der Waals surface area contributed by atoms with Gasteiger partial charge < -0.3 is 11.1 Å². The normalized spacial score (nSPS) is 22.0. The van der Waals surface area contributed by atoms with Crippen LogP contribution in [0.15, 0.2) is 18.2 Å². The standard InChI is InChI=1S/C17H24N2O.ClH/c18-14-9-10-15-13(11-14)7-4-8-16(15)19-17(20)12-5-2-1-3-6-12;/h9-12,16H,1-8,18H2,(H,19,20);1H. The number of aryl methyl sites for hydroxylation is 1. The lowest BCUT2D eigenvalue weighted by molar-refractivity contribution is -0.126. The Labute approximate surface area is 133 Å². The number of amides is 1. The number of halogens is 1. The Morgan fingerprint density at radius 2 is 1.86 bits per heavy atom. The van der Waals surface area contributed by atoms with Crippen molar-refractivity contribution in [3.8, 4) is 0 Å².